The zero-order valence-corrected chi connectivity index (χ0v) is 10.7. The van der Waals surface area contributed by atoms with Crippen molar-refractivity contribution >= 4 is 11.9 Å². The molecule has 1 aromatic carbocycles. The van der Waals surface area contributed by atoms with E-state index in [1.807, 2.05) is 17.0 Å². The van der Waals surface area contributed by atoms with E-state index in [1.165, 1.54) is 0 Å². The number of rotatable bonds is 4. The molecule has 5 nitrogen and oxygen atoms in total. The lowest BCUT2D eigenvalue weighted by Gasteiger charge is -2.32. The van der Waals surface area contributed by atoms with E-state index in [9.17, 15) is 14.7 Å². The molecule has 0 saturated carbocycles. The van der Waals surface area contributed by atoms with Crippen molar-refractivity contribution < 1.29 is 14.7 Å². The van der Waals surface area contributed by atoms with Crippen molar-refractivity contribution in [2.45, 2.75) is 31.8 Å². The summed E-state index contributed by atoms with van der Waals surface area (Å²) in [6, 6.07) is 6.61. The second kappa shape index (κ2) is 5.84. The first-order valence-electron chi connectivity index (χ1n) is 6.43. The monoisotopic (exact) mass is 262 g/mol. The van der Waals surface area contributed by atoms with E-state index in [4.69, 9.17) is 5.73 Å². The van der Waals surface area contributed by atoms with Gasteiger partial charge in [0, 0.05) is 12.1 Å². The molecule has 0 bridgehead atoms. The molecule has 1 aromatic rings. The molecule has 1 atom stereocenters. The van der Waals surface area contributed by atoms with Gasteiger partial charge in [-0.15, -0.1) is 0 Å². The Balaban J connectivity index is 2.06. The first-order chi connectivity index (χ1) is 9.08. The lowest BCUT2D eigenvalue weighted by Crippen LogP contribution is -2.43. The molecule has 3 N–H and O–H groups in total. The Labute approximate surface area is 112 Å². The van der Waals surface area contributed by atoms with Crippen molar-refractivity contribution in [2.75, 3.05) is 6.54 Å². The average molecular weight is 262 g/mol. The molecule has 1 fully saturated rings. The minimum atomic E-state index is -0.756. The van der Waals surface area contributed by atoms with Crippen molar-refractivity contribution in [1.82, 2.24) is 4.90 Å². The molecule has 1 heterocycles. The number of nitrogens with two attached hydrogens (primary N) is 1. The molecule has 1 aliphatic heterocycles. The van der Waals surface area contributed by atoms with E-state index in [0.29, 0.717) is 18.5 Å². The van der Waals surface area contributed by atoms with E-state index >= 15 is 0 Å². The summed E-state index contributed by atoms with van der Waals surface area (Å²) in [4.78, 5) is 24.2. The zero-order valence-electron chi connectivity index (χ0n) is 10.7. The first-order valence-corrected chi connectivity index (χ1v) is 6.43. The summed E-state index contributed by atoms with van der Waals surface area (Å²) in [6.07, 6.45) is 2.70. The van der Waals surface area contributed by atoms with E-state index in [0.717, 1.165) is 24.9 Å². The maximum absolute atomic E-state index is 11.2. The van der Waals surface area contributed by atoms with Gasteiger partial charge in [-0.1, -0.05) is 18.6 Å². The summed E-state index contributed by atoms with van der Waals surface area (Å²) in [5.74, 6) is -1.21. The number of nitrogens with zero attached hydrogens (tertiary/aromatic N) is 1. The zero-order chi connectivity index (χ0) is 13.8. The van der Waals surface area contributed by atoms with Crippen LogP contribution in [-0.2, 0) is 11.3 Å². The highest BCUT2D eigenvalue weighted by Gasteiger charge is 2.28. The molecular weight excluding hydrogens is 244 g/mol. The van der Waals surface area contributed by atoms with Crippen LogP contribution < -0.4 is 5.73 Å². The Bertz CT molecular complexity index is 470. The molecule has 1 unspecified atom stereocenters. The molecule has 1 saturated heterocycles. The van der Waals surface area contributed by atoms with Crippen LogP contribution in [0.4, 0.5) is 0 Å². The summed E-state index contributed by atoms with van der Waals surface area (Å²) in [6.45, 7) is 1.39. The highest BCUT2D eigenvalue weighted by Crippen LogP contribution is 2.20. The van der Waals surface area contributed by atoms with Crippen LogP contribution in [0.5, 0.6) is 0 Å². The van der Waals surface area contributed by atoms with Crippen LogP contribution in [0.1, 0.15) is 35.2 Å². The molecule has 5 heteroatoms. The normalized spacial score (nSPS) is 20.1. The number of carbonyl (C=O) groups excluding carboxylic acids is 1. The minimum absolute atomic E-state index is 0.399. The number of amides is 1. The van der Waals surface area contributed by atoms with Crippen molar-refractivity contribution in [3.8, 4) is 0 Å². The van der Waals surface area contributed by atoms with Crippen LogP contribution in [0.2, 0.25) is 0 Å². The highest BCUT2D eigenvalue weighted by atomic mass is 16.4. The first kappa shape index (κ1) is 13.5. The predicted molar refractivity (Wildman–Crippen MR) is 70.6 cm³/mol. The number of likely N-dealkylation sites (tertiary alicyclic amines) is 1. The Morgan fingerprint density at radius 3 is 2.53 bits per heavy atom. The third-order valence-electron chi connectivity index (χ3n) is 3.52. The van der Waals surface area contributed by atoms with E-state index in [1.54, 1.807) is 12.1 Å². The Hall–Kier alpha value is -1.88. The van der Waals surface area contributed by atoms with Crippen molar-refractivity contribution in [2.24, 2.45) is 5.73 Å². The van der Waals surface area contributed by atoms with Crippen molar-refractivity contribution in [3.05, 3.63) is 35.4 Å². The maximum atomic E-state index is 11.2. The standard InChI is InChI=1S/C14H18N2O3/c15-13(17)11-6-4-10(5-7-11)9-16-8-2-1-3-12(16)14(18)19/h4-7,12H,1-3,8-9H2,(H2,15,17)(H,18,19). The number of piperidine rings is 1. The minimum Gasteiger partial charge on any atom is -0.480 e. The molecule has 0 aromatic heterocycles. The van der Waals surface area contributed by atoms with Gasteiger partial charge in [-0.3, -0.25) is 14.5 Å². The van der Waals surface area contributed by atoms with Gasteiger partial charge in [0.2, 0.25) is 5.91 Å². The van der Waals surface area contributed by atoms with Gasteiger partial charge in [-0.05, 0) is 37.1 Å². The second-order valence-electron chi connectivity index (χ2n) is 4.88. The lowest BCUT2D eigenvalue weighted by atomic mass is 10.0. The Kier molecular flexibility index (Phi) is 4.16. The van der Waals surface area contributed by atoms with Gasteiger partial charge in [-0.25, -0.2) is 0 Å². The van der Waals surface area contributed by atoms with Crippen LogP contribution in [-0.4, -0.2) is 34.5 Å². The van der Waals surface area contributed by atoms with Gasteiger partial charge in [0.1, 0.15) is 6.04 Å². The van der Waals surface area contributed by atoms with Crippen LogP contribution in [0.15, 0.2) is 24.3 Å². The topological polar surface area (TPSA) is 83.6 Å². The fourth-order valence-electron chi connectivity index (χ4n) is 2.47. The van der Waals surface area contributed by atoms with Crippen LogP contribution in [0.3, 0.4) is 0 Å². The summed E-state index contributed by atoms with van der Waals surface area (Å²) < 4.78 is 0. The summed E-state index contributed by atoms with van der Waals surface area (Å²) >= 11 is 0. The Morgan fingerprint density at radius 2 is 1.95 bits per heavy atom. The molecule has 1 amide bonds. The molecule has 0 aliphatic carbocycles. The average Bonchev–Trinajstić information content (AvgIpc) is 2.39. The third-order valence-corrected chi connectivity index (χ3v) is 3.52. The predicted octanol–water partition coefficient (Wildman–Crippen LogP) is 1.22. The molecule has 0 spiro atoms. The molecule has 19 heavy (non-hydrogen) atoms. The van der Waals surface area contributed by atoms with Gasteiger partial charge in [-0.2, -0.15) is 0 Å². The third kappa shape index (κ3) is 3.32. The largest absolute Gasteiger partial charge is 0.480 e. The number of aliphatic carboxylic acids is 1. The second-order valence-corrected chi connectivity index (χ2v) is 4.88. The van der Waals surface area contributed by atoms with Gasteiger partial charge < -0.3 is 10.8 Å². The molecular formula is C14H18N2O3. The van der Waals surface area contributed by atoms with Gasteiger partial charge in [0.25, 0.3) is 0 Å². The van der Waals surface area contributed by atoms with E-state index in [-0.39, 0.29) is 0 Å². The smallest absolute Gasteiger partial charge is 0.320 e. The van der Waals surface area contributed by atoms with Crippen molar-refractivity contribution in [1.29, 1.82) is 0 Å². The molecule has 2 rings (SSSR count). The fraction of sp³-hybridized carbons (Fsp3) is 0.429. The lowest BCUT2D eigenvalue weighted by molar-refractivity contribution is -0.144. The number of benzene rings is 1. The van der Waals surface area contributed by atoms with Gasteiger partial charge in [0.15, 0.2) is 0 Å². The number of carbonyl (C=O) groups is 2. The van der Waals surface area contributed by atoms with Crippen LogP contribution >= 0.6 is 0 Å². The molecule has 1 aliphatic rings. The number of carboxylic acids is 1. The molecule has 0 radical (unpaired) electrons. The summed E-state index contributed by atoms with van der Waals surface area (Å²) in [5.41, 5.74) is 6.65. The van der Waals surface area contributed by atoms with Crippen LogP contribution in [0.25, 0.3) is 0 Å². The number of hydrogen-bond acceptors (Lipinski definition) is 3. The number of carboxylic acid groups (broad SMARTS) is 1. The van der Waals surface area contributed by atoms with Gasteiger partial charge >= 0.3 is 5.97 Å². The number of hydrogen-bond donors (Lipinski definition) is 2. The van der Waals surface area contributed by atoms with E-state index in [2.05, 4.69) is 0 Å². The molecule has 102 valence electrons. The quantitative estimate of drug-likeness (QED) is 0.854. The summed E-state index contributed by atoms with van der Waals surface area (Å²) in [7, 11) is 0. The SMILES string of the molecule is NC(=O)c1ccc(CN2CCCCC2C(=O)O)cc1. The van der Waals surface area contributed by atoms with Crippen molar-refractivity contribution in [3.63, 3.8) is 0 Å². The maximum Gasteiger partial charge on any atom is 0.320 e. The van der Waals surface area contributed by atoms with Crippen LogP contribution in [0, 0.1) is 0 Å². The van der Waals surface area contributed by atoms with E-state index < -0.39 is 17.9 Å². The van der Waals surface area contributed by atoms with Gasteiger partial charge in [0.05, 0.1) is 0 Å². The highest BCUT2D eigenvalue weighted by molar-refractivity contribution is 5.92. The Morgan fingerprint density at radius 1 is 1.26 bits per heavy atom. The summed E-state index contributed by atoms with van der Waals surface area (Å²) in [5, 5.41) is 9.20. The fourth-order valence-corrected chi connectivity index (χ4v) is 2.47. The number of primary amides is 1.